The molecule has 0 saturated carbocycles. The Morgan fingerprint density at radius 3 is 2.81 bits per heavy atom. The van der Waals surface area contributed by atoms with Crippen molar-refractivity contribution in [2.24, 2.45) is 0 Å². The lowest BCUT2D eigenvalue weighted by molar-refractivity contribution is 0.0704. The molecule has 0 aromatic heterocycles. The minimum absolute atomic E-state index is 0.202. The summed E-state index contributed by atoms with van der Waals surface area (Å²) in [5.41, 5.74) is 0.430. The summed E-state index contributed by atoms with van der Waals surface area (Å²) in [5, 5.41) is 9.61. The number of halogens is 2. The highest BCUT2D eigenvalue weighted by molar-refractivity contribution is 9.10. The second-order valence-corrected chi connectivity index (χ2v) is 4.98. The van der Waals surface area contributed by atoms with Crippen LogP contribution in [-0.2, 0) is 0 Å². The van der Waals surface area contributed by atoms with Gasteiger partial charge in [-0.2, -0.15) is 0 Å². The number of nitrogens with zero attached hydrogens (tertiary/aromatic N) is 1. The van der Waals surface area contributed by atoms with E-state index < -0.39 is 6.10 Å². The molecule has 16 heavy (non-hydrogen) atoms. The lowest BCUT2D eigenvalue weighted by Crippen LogP contribution is -2.33. The number of carbonyl (C=O) groups excluding carboxylic acids is 1. The molecule has 5 heteroatoms. The number of rotatable bonds is 3. The molecule has 0 spiro atoms. The smallest absolute Gasteiger partial charge is 0.255 e. The Morgan fingerprint density at radius 2 is 2.25 bits per heavy atom. The maximum atomic E-state index is 12.0. The molecule has 1 unspecified atom stereocenters. The Hall–Kier alpha value is -0.580. The summed E-state index contributed by atoms with van der Waals surface area (Å²) in [5.74, 6) is -0.202. The van der Waals surface area contributed by atoms with E-state index in [1.54, 1.807) is 32.2 Å². The van der Waals surface area contributed by atoms with Crippen LogP contribution in [0.25, 0.3) is 0 Å². The summed E-state index contributed by atoms with van der Waals surface area (Å²) in [6, 6.07) is 5.10. The summed E-state index contributed by atoms with van der Waals surface area (Å²) in [6.45, 7) is 1.91. The molecule has 0 radical (unpaired) electrons. The second kappa shape index (κ2) is 5.66. The van der Waals surface area contributed by atoms with E-state index >= 15 is 0 Å². The van der Waals surface area contributed by atoms with Crippen LogP contribution < -0.4 is 0 Å². The average molecular weight is 307 g/mol. The molecule has 1 amide bonds. The van der Waals surface area contributed by atoms with E-state index in [2.05, 4.69) is 15.9 Å². The summed E-state index contributed by atoms with van der Waals surface area (Å²) in [6.07, 6.45) is -0.556. The van der Waals surface area contributed by atoms with Gasteiger partial charge in [0.25, 0.3) is 5.91 Å². The monoisotopic (exact) mass is 305 g/mol. The Kier molecular flexibility index (Phi) is 4.77. The molecule has 1 aromatic carbocycles. The fourth-order valence-electron chi connectivity index (χ4n) is 1.35. The van der Waals surface area contributed by atoms with E-state index in [4.69, 9.17) is 11.6 Å². The highest BCUT2D eigenvalue weighted by Gasteiger charge is 2.16. The van der Waals surface area contributed by atoms with Crippen LogP contribution in [0.4, 0.5) is 0 Å². The highest BCUT2D eigenvalue weighted by Crippen LogP contribution is 2.22. The van der Waals surface area contributed by atoms with Gasteiger partial charge in [0.1, 0.15) is 0 Å². The summed E-state index contributed by atoms with van der Waals surface area (Å²) in [7, 11) is 1.63. The van der Waals surface area contributed by atoms with Gasteiger partial charge in [0.15, 0.2) is 0 Å². The lowest BCUT2D eigenvalue weighted by Gasteiger charge is -2.19. The minimum Gasteiger partial charge on any atom is -0.392 e. The van der Waals surface area contributed by atoms with Gasteiger partial charge in [-0.05, 0) is 25.1 Å². The van der Waals surface area contributed by atoms with Crippen molar-refractivity contribution in [3.8, 4) is 0 Å². The van der Waals surface area contributed by atoms with Crippen LogP contribution in [0.2, 0.25) is 5.02 Å². The quantitative estimate of drug-likeness (QED) is 0.932. The molecule has 1 rings (SSSR count). The SMILES string of the molecule is CC(O)CN(C)C(=O)c1cc(Br)ccc1Cl. The number of likely N-dealkylation sites (N-methyl/N-ethyl adjacent to an activating group) is 1. The first-order chi connectivity index (χ1) is 7.41. The molecular weight excluding hydrogens is 293 g/mol. The molecule has 0 heterocycles. The van der Waals surface area contributed by atoms with E-state index in [1.807, 2.05) is 0 Å². The van der Waals surface area contributed by atoms with Crippen molar-refractivity contribution in [3.05, 3.63) is 33.3 Å². The molecule has 0 aliphatic rings. The van der Waals surface area contributed by atoms with E-state index in [0.29, 0.717) is 10.6 Å². The molecule has 0 aliphatic carbocycles. The van der Waals surface area contributed by atoms with E-state index in [1.165, 1.54) is 4.90 Å². The Balaban J connectivity index is 2.91. The van der Waals surface area contributed by atoms with Gasteiger partial charge in [0.2, 0.25) is 0 Å². The van der Waals surface area contributed by atoms with E-state index in [-0.39, 0.29) is 12.5 Å². The summed E-state index contributed by atoms with van der Waals surface area (Å²) < 4.78 is 0.797. The van der Waals surface area contributed by atoms with Gasteiger partial charge in [0, 0.05) is 18.1 Å². The summed E-state index contributed by atoms with van der Waals surface area (Å²) >= 11 is 9.23. The maximum absolute atomic E-state index is 12.0. The first-order valence-electron chi connectivity index (χ1n) is 4.80. The molecule has 1 N–H and O–H groups in total. The van der Waals surface area contributed by atoms with E-state index in [0.717, 1.165) is 4.47 Å². The standard InChI is InChI=1S/C11H13BrClNO2/c1-7(15)6-14(2)11(16)9-5-8(12)3-4-10(9)13/h3-5,7,15H,6H2,1-2H3. The number of amides is 1. The molecule has 3 nitrogen and oxygen atoms in total. The van der Waals surface area contributed by atoms with Gasteiger partial charge in [-0.3, -0.25) is 4.79 Å². The van der Waals surface area contributed by atoms with Crippen LogP contribution in [0.5, 0.6) is 0 Å². The third-order valence-electron chi connectivity index (χ3n) is 2.04. The van der Waals surface area contributed by atoms with Gasteiger partial charge >= 0.3 is 0 Å². The fraction of sp³-hybridized carbons (Fsp3) is 0.364. The zero-order valence-corrected chi connectivity index (χ0v) is 11.4. The molecule has 88 valence electrons. The van der Waals surface area contributed by atoms with Gasteiger partial charge in [0.05, 0.1) is 16.7 Å². The molecular formula is C11H13BrClNO2. The molecule has 0 fully saturated rings. The number of hydrogen-bond acceptors (Lipinski definition) is 2. The Bertz CT molecular complexity index is 396. The van der Waals surface area contributed by atoms with Crippen LogP contribution in [0.15, 0.2) is 22.7 Å². The topological polar surface area (TPSA) is 40.5 Å². The van der Waals surface area contributed by atoms with Crippen molar-refractivity contribution >= 4 is 33.4 Å². The Morgan fingerprint density at radius 1 is 1.62 bits per heavy atom. The van der Waals surface area contributed by atoms with Crippen molar-refractivity contribution < 1.29 is 9.90 Å². The van der Waals surface area contributed by atoms with Crippen LogP contribution in [-0.4, -0.2) is 35.6 Å². The number of hydrogen-bond donors (Lipinski definition) is 1. The fourth-order valence-corrected chi connectivity index (χ4v) is 1.91. The highest BCUT2D eigenvalue weighted by atomic mass is 79.9. The largest absolute Gasteiger partial charge is 0.392 e. The number of aliphatic hydroxyl groups is 1. The van der Waals surface area contributed by atoms with Crippen molar-refractivity contribution in [3.63, 3.8) is 0 Å². The van der Waals surface area contributed by atoms with Crippen LogP contribution in [0.3, 0.4) is 0 Å². The van der Waals surface area contributed by atoms with Gasteiger partial charge in [-0.1, -0.05) is 27.5 Å². The van der Waals surface area contributed by atoms with Crippen molar-refractivity contribution in [2.45, 2.75) is 13.0 Å². The Labute approximate surface area is 108 Å². The third-order valence-corrected chi connectivity index (χ3v) is 2.87. The molecule has 1 aromatic rings. The number of aliphatic hydroxyl groups excluding tert-OH is 1. The first-order valence-corrected chi connectivity index (χ1v) is 5.97. The molecule has 0 aliphatic heterocycles. The van der Waals surface area contributed by atoms with Crippen molar-refractivity contribution in [2.75, 3.05) is 13.6 Å². The predicted octanol–water partition coefficient (Wildman–Crippen LogP) is 2.56. The first kappa shape index (κ1) is 13.5. The average Bonchev–Trinajstić information content (AvgIpc) is 2.19. The maximum Gasteiger partial charge on any atom is 0.255 e. The van der Waals surface area contributed by atoms with E-state index in [9.17, 15) is 9.90 Å². The second-order valence-electron chi connectivity index (χ2n) is 3.66. The van der Waals surface area contributed by atoms with Crippen molar-refractivity contribution in [1.82, 2.24) is 4.90 Å². The predicted molar refractivity (Wildman–Crippen MR) is 67.8 cm³/mol. The normalized spacial score (nSPS) is 12.3. The van der Waals surface area contributed by atoms with Crippen molar-refractivity contribution in [1.29, 1.82) is 0 Å². The molecule has 0 bridgehead atoms. The zero-order chi connectivity index (χ0) is 12.3. The van der Waals surface area contributed by atoms with Gasteiger partial charge in [-0.15, -0.1) is 0 Å². The minimum atomic E-state index is -0.556. The van der Waals surface area contributed by atoms with Crippen LogP contribution in [0, 0.1) is 0 Å². The van der Waals surface area contributed by atoms with Crippen LogP contribution >= 0.6 is 27.5 Å². The summed E-state index contributed by atoms with van der Waals surface area (Å²) in [4.78, 5) is 13.4. The van der Waals surface area contributed by atoms with Gasteiger partial charge < -0.3 is 10.0 Å². The number of benzene rings is 1. The lowest BCUT2D eigenvalue weighted by atomic mass is 10.2. The van der Waals surface area contributed by atoms with Crippen LogP contribution in [0.1, 0.15) is 17.3 Å². The number of carbonyl (C=O) groups is 1. The zero-order valence-electron chi connectivity index (χ0n) is 9.08. The third kappa shape index (κ3) is 3.47. The molecule has 1 atom stereocenters. The van der Waals surface area contributed by atoms with Gasteiger partial charge in [-0.25, -0.2) is 0 Å². The molecule has 0 saturated heterocycles.